The summed E-state index contributed by atoms with van der Waals surface area (Å²) in [6.45, 7) is 6.75. The van der Waals surface area contributed by atoms with Gasteiger partial charge in [0.15, 0.2) is 0 Å². The summed E-state index contributed by atoms with van der Waals surface area (Å²) in [4.78, 5) is 12.8. The van der Waals surface area contributed by atoms with E-state index in [9.17, 15) is 4.79 Å². The Morgan fingerprint density at radius 1 is 1.08 bits per heavy atom. The first-order valence-corrected chi connectivity index (χ1v) is 10.8. The van der Waals surface area contributed by atoms with Crippen molar-refractivity contribution < 1.29 is 9.53 Å². The second-order valence-electron chi connectivity index (χ2n) is 7.49. The topological polar surface area (TPSA) is 26.3 Å². The molecule has 24 heavy (non-hydrogen) atoms. The highest BCUT2D eigenvalue weighted by molar-refractivity contribution is 8.04. The molecular formula is C20H30O2S2. The number of hydrogen-bond acceptors (Lipinski definition) is 4. The van der Waals surface area contributed by atoms with Crippen LogP contribution in [0.5, 0.6) is 0 Å². The standard InChI is InChI=1S/C20H30O2S2/c1-20(2,3)15-10-12-16(13-11-15)24-18-9-7-5-6-8-17(18)23-14-19(21)22-4/h10-13,17-18H,5-9,14H2,1-4H3. The van der Waals surface area contributed by atoms with E-state index in [1.165, 1.54) is 49.7 Å². The predicted octanol–water partition coefficient (Wildman–Crippen LogP) is 5.68. The fourth-order valence-electron chi connectivity index (χ4n) is 3.01. The Balaban J connectivity index is 2.01. The average molecular weight is 367 g/mol. The number of hydrogen-bond donors (Lipinski definition) is 0. The number of benzene rings is 1. The van der Waals surface area contributed by atoms with Gasteiger partial charge in [-0.25, -0.2) is 0 Å². The van der Waals surface area contributed by atoms with Crippen molar-refractivity contribution in [3.63, 3.8) is 0 Å². The SMILES string of the molecule is COC(=O)CSC1CCCCCC1Sc1ccc(C(C)(C)C)cc1. The molecule has 0 spiro atoms. The number of ether oxygens (including phenoxy) is 1. The predicted molar refractivity (Wildman–Crippen MR) is 106 cm³/mol. The second-order valence-corrected chi connectivity index (χ2v) is 10.0. The molecular weight excluding hydrogens is 336 g/mol. The first-order chi connectivity index (χ1) is 11.4. The molecule has 1 aromatic rings. The summed E-state index contributed by atoms with van der Waals surface area (Å²) in [5.74, 6) is 0.365. The quantitative estimate of drug-likeness (QED) is 0.494. The largest absolute Gasteiger partial charge is 0.468 e. The highest BCUT2D eigenvalue weighted by Crippen LogP contribution is 2.39. The fraction of sp³-hybridized carbons (Fsp3) is 0.650. The molecule has 2 rings (SSSR count). The van der Waals surface area contributed by atoms with Gasteiger partial charge in [0, 0.05) is 15.4 Å². The van der Waals surface area contributed by atoms with Crippen molar-refractivity contribution in [2.24, 2.45) is 0 Å². The number of esters is 1. The van der Waals surface area contributed by atoms with E-state index in [2.05, 4.69) is 45.0 Å². The Labute approximate surface area is 155 Å². The van der Waals surface area contributed by atoms with E-state index in [1.807, 2.05) is 11.8 Å². The minimum Gasteiger partial charge on any atom is -0.468 e. The zero-order chi connectivity index (χ0) is 17.6. The van der Waals surface area contributed by atoms with Gasteiger partial charge in [0.1, 0.15) is 0 Å². The van der Waals surface area contributed by atoms with Crippen molar-refractivity contribution in [2.45, 2.75) is 73.7 Å². The summed E-state index contributed by atoms with van der Waals surface area (Å²) >= 11 is 3.77. The van der Waals surface area contributed by atoms with E-state index in [-0.39, 0.29) is 11.4 Å². The molecule has 0 amide bonds. The third kappa shape index (κ3) is 6.03. The molecule has 0 bridgehead atoms. The third-order valence-corrected chi connectivity index (χ3v) is 7.52. The van der Waals surface area contributed by atoms with E-state index >= 15 is 0 Å². The van der Waals surface area contributed by atoms with Gasteiger partial charge >= 0.3 is 5.97 Å². The van der Waals surface area contributed by atoms with Crippen LogP contribution in [-0.4, -0.2) is 29.3 Å². The lowest BCUT2D eigenvalue weighted by molar-refractivity contribution is -0.137. The summed E-state index contributed by atoms with van der Waals surface area (Å²) in [5.41, 5.74) is 1.58. The van der Waals surface area contributed by atoms with Crippen LogP contribution in [0.25, 0.3) is 0 Å². The lowest BCUT2D eigenvalue weighted by Gasteiger charge is -2.24. The molecule has 0 N–H and O–H groups in total. The maximum Gasteiger partial charge on any atom is 0.315 e. The molecule has 2 nitrogen and oxygen atoms in total. The monoisotopic (exact) mass is 366 g/mol. The van der Waals surface area contributed by atoms with Crippen LogP contribution >= 0.6 is 23.5 Å². The van der Waals surface area contributed by atoms with E-state index in [4.69, 9.17) is 4.74 Å². The minimum atomic E-state index is -0.109. The van der Waals surface area contributed by atoms with Crippen molar-refractivity contribution in [1.82, 2.24) is 0 Å². The zero-order valence-corrected chi connectivity index (χ0v) is 17.0. The normalized spacial score (nSPS) is 22.0. The van der Waals surface area contributed by atoms with Crippen LogP contribution in [-0.2, 0) is 14.9 Å². The maximum absolute atomic E-state index is 11.5. The van der Waals surface area contributed by atoms with Crippen molar-refractivity contribution in [3.8, 4) is 0 Å². The Bertz CT molecular complexity index is 519. The molecule has 0 heterocycles. The van der Waals surface area contributed by atoms with Crippen LogP contribution in [0.2, 0.25) is 0 Å². The Morgan fingerprint density at radius 3 is 2.29 bits per heavy atom. The summed E-state index contributed by atoms with van der Waals surface area (Å²) in [6.07, 6.45) is 6.34. The Hall–Kier alpha value is -0.610. The number of thioether (sulfide) groups is 2. The van der Waals surface area contributed by atoms with E-state index < -0.39 is 0 Å². The van der Waals surface area contributed by atoms with Crippen molar-refractivity contribution in [1.29, 1.82) is 0 Å². The van der Waals surface area contributed by atoms with Crippen LogP contribution in [0.4, 0.5) is 0 Å². The summed E-state index contributed by atoms with van der Waals surface area (Å²) in [6, 6.07) is 9.04. The molecule has 0 aliphatic heterocycles. The maximum atomic E-state index is 11.5. The molecule has 2 atom stereocenters. The molecule has 2 unspecified atom stereocenters. The van der Waals surface area contributed by atoms with Gasteiger partial charge in [-0.3, -0.25) is 4.79 Å². The Morgan fingerprint density at radius 2 is 1.71 bits per heavy atom. The molecule has 1 aromatic carbocycles. The first-order valence-electron chi connectivity index (χ1n) is 8.86. The number of rotatable bonds is 5. The molecule has 1 aliphatic rings. The molecule has 1 fully saturated rings. The molecule has 0 saturated heterocycles. The summed E-state index contributed by atoms with van der Waals surface area (Å²) in [5, 5.41) is 1.13. The van der Waals surface area contributed by atoms with Crippen LogP contribution in [0.3, 0.4) is 0 Å². The van der Waals surface area contributed by atoms with Crippen molar-refractivity contribution in [3.05, 3.63) is 29.8 Å². The van der Waals surface area contributed by atoms with Gasteiger partial charge in [-0.15, -0.1) is 23.5 Å². The Kier molecular flexibility index (Phi) is 7.55. The zero-order valence-electron chi connectivity index (χ0n) is 15.3. The van der Waals surface area contributed by atoms with E-state index in [0.717, 1.165) is 0 Å². The van der Waals surface area contributed by atoms with Crippen molar-refractivity contribution >= 4 is 29.5 Å². The van der Waals surface area contributed by atoms with E-state index in [0.29, 0.717) is 16.3 Å². The van der Waals surface area contributed by atoms with Gasteiger partial charge in [0.05, 0.1) is 12.9 Å². The minimum absolute atomic E-state index is 0.109. The van der Waals surface area contributed by atoms with Crippen LogP contribution in [0, 0.1) is 0 Å². The van der Waals surface area contributed by atoms with Crippen molar-refractivity contribution in [2.75, 3.05) is 12.9 Å². The number of methoxy groups -OCH3 is 1. The van der Waals surface area contributed by atoms with Gasteiger partial charge in [0.25, 0.3) is 0 Å². The number of carbonyl (C=O) groups is 1. The lowest BCUT2D eigenvalue weighted by Crippen LogP contribution is -2.21. The van der Waals surface area contributed by atoms with E-state index in [1.54, 1.807) is 11.8 Å². The number of carbonyl (C=O) groups excluding carboxylic acids is 1. The molecule has 134 valence electrons. The molecule has 1 aliphatic carbocycles. The van der Waals surface area contributed by atoms with Gasteiger partial charge in [-0.2, -0.15) is 0 Å². The second kappa shape index (κ2) is 9.19. The van der Waals surface area contributed by atoms with Gasteiger partial charge < -0.3 is 4.74 Å². The highest BCUT2D eigenvalue weighted by atomic mass is 32.2. The van der Waals surface area contributed by atoms with Gasteiger partial charge in [-0.1, -0.05) is 52.2 Å². The van der Waals surface area contributed by atoms with Gasteiger partial charge in [-0.05, 0) is 36.0 Å². The highest BCUT2D eigenvalue weighted by Gasteiger charge is 2.26. The van der Waals surface area contributed by atoms with Crippen LogP contribution in [0.1, 0.15) is 58.4 Å². The summed E-state index contributed by atoms with van der Waals surface area (Å²) < 4.78 is 4.80. The first kappa shape index (κ1) is 19.7. The van der Waals surface area contributed by atoms with Crippen LogP contribution in [0.15, 0.2) is 29.2 Å². The van der Waals surface area contributed by atoms with Gasteiger partial charge in [0.2, 0.25) is 0 Å². The molecule has 4 heteroatoms. The average Bonchev–Trinajstić information content (AvgIpc) is 2.77. The summed E-state index contributed by atoms with van der Waals surface area (Å²) in [7, 11) is 1.47. The smallest absolute Gasteiger partial charge is 0.315 e. The fourth-order valence-corrected chi connectivity index (χ4v) is 5.78. The third-order valence-electron chi connectivity index (χ3n) is 4.54. The lowest BCUT2D eigenvalue weighted by atomic mass is 9.87. The molecule has 0 radical (unpaired) electrons. The van der Waals surface area contributed by atoms with Crippen LogP contribution < -0.4 is 0 Å². The molecule has 1 saturated carbocycles. The molecule has 0 aromatic heterocycles.